The Bertz CT molecular complexity index is 282. The van der Waals surface area contributed by atoms with E-state index in [0.717, 1.165) is 11.3 Å². The molecular weight excluding hydrogens is 152 g/mol. The molecule has 0 aromatic heterocycles. The summed E-state index contributed by atoms with van der Waals surface area (Å²) < 4.78 is 10.4. The zero-order valence-electron chi connectivity index (χ0n) is 6.69. The van der Waals surface area contributed by atoms with Gasteiger partial charge in [-0.15, -0.1) is 0 Å². The van der Waals surface area contributed by atoms with Crippen molar-refractivity contribution in [1.29, 1.82) is 0 Å². The van der Waals surface area contributed by atoms with Crippen molar-refractivity contribution in [3.63, 3.8) is 0 Å². The Morgan fingerprint density at radius 1 is 1.25 bits per heavy atom. The minimum Gasteiger partial charge on any atom is -0.497 e. The molecule has 0 N–H and O–H groups in total. The molecule has 0 spiro atoms. The summed E-state index contributed by atoms with van der Waals surface area (Å²) in [5.41, 5.74) is 1.10. The van der Waals surface area contributed by atoms with Gasteiger partial charge in [-0.05, 0) is 24.3 Å². The number of allylic oxidation sites excluding steroid dienone is 3. The van der Waals surface area contributed by atoms with E-state index in [1.807, 2.05) is 30.4 Å². The Labute approximate surface area is 71.5 Å². The van der Waals surface area contributed by atoms with E-state index in [1.165, 1.54) is 0 Å². The van der Waals surface area contributed by atoms with Crippen LogP contribution in [0.2, 0.25) is 0 Å². The van der Waals surface area contributed by atoms with Gasteiger partial charge in [0.2, 0.25) is 0 Å². The quantitative estimate of drug-likeness (QED) is 0.586. The fourth-order valence-electron chi connectivity index (χ4n) is 1.14. The Morgan fingerprint density at radius 2 is 2.25 bits per heavy atom. The van der Waals surface area contributed by atoms with Crippen LogP contribution in [-0.2, 0) is 9.47 Å². The molecule has 2 aliphatic heterocycles. The van der Waals surface area contributed by atoms with Crippen LogP contribution < -0.4 is 0 Å². The second-order valence-corrected chi connectivity index (χ2v) is 2.57. The molecule has 2 aliphatic rings. The van der Waals surface area contributed by atoms with Gasteiger partial charge < -0.3 is 9.47 Å². The van der Waals surface area contributed by atoms with E-state index in [0.29, 0.717) is 13.2 Å². The molecule has 62 valence electrons. The summed E-state index contributed by atoms with van der Waals surface area (Å²) in [5.74, 6) is 0.928. The van der Waals surface area contributed by atoms with E-state index in [2.05, 4.69) is 0 Å². The summed E-state index contributed by atoms with van der Waals surface area (Å²) in [7, 11) is 0. The SMILES string of the molecule is C1=CCOC(C2=CCOC=C2)=C1. The Balaban J connectivity index is 2.17. The largest absolute Gasteiger partial charge is 0.497 e. The maximum Gasteiger partial charge on any atom is 0.126 e. The molecule has 0 amide bonds. The third-order valence-corrected chi connectivity index (χ3v) is 1.75. The molecule has 0 bridgehead atoms. The van der Waals surface area contributed by atoms with Gasteiger partial charge in [-0.3, -0.25) is 0 Å². The van der Waals surface area contributed by atoms with E-state index in [-0.39, 0.29) is 0 Å². The van der Waals surface area contributed by atoms with Gasteiger partial charge in [0, 0.05) is 5.57 Å². The minimum absolute atomic E-state index is 0.635. The highest BCUT2D eigenvalue weighted by molar-refractivity contribution is 5.39. The zero-order chi connectivity index (χ0) is 8.23. The van der Waals surface area contributed by atoms with Crippen molar-refractivity contribution in [2.75, 3.05) is 13.2 Å². The molecule has 2 heteroatoms. The molecule has 2 heterocycles. The standard InChI is InChI=1S/C10H10O2/c1-2-6-12-10(3-1)9-4-7-11-8-5-9/h1-5,7H,6,8H2. The molecule has 0 aromatic rings. The van der Waals surface area contributed by atoms with E-state index < -0.39 is 0 Å². The topological polar surface area (TPSA) is 18.5 Å². The van der Waals surface area contributed by atoms with Gasteiger partial charge >= 0.3 is 0 Å². The summed E-state index contributed by atoms with van der Waals surface area (Å²) in [5, 5.41) is 0. The van der Waals surface area contributed by atoms with Crippen LogP contribution in [0, 0.1) is 0 Å². The van der Waals surface area contributed by atoms with Gasteiger partial charge in [-0.2, -0.15) is 0 Å². The zero-order valence-corrected chi connectivity index (χ0v) is 6.69. The van der Waals surface area contributed by atoms with Crippen LogP contribution in [0.4, 0.5) is 0 Å². The maximum absolute atomic E-state index is 5.42. The number of hydrogen-bond donors (Lipinski definition) is 0. The Hall–Kier alpha value is -1.44. The second kappa shape index (κ2) is 3.30. The molecule has 2 nitrogen and oxygen atoms in total. The van der Waals surface area contributed by atoms with Gasteiger partial charge in [-0.1, -0.05) is 6.08 Å². The molecule has 0 saturated heterocycles. The molecular formula is C10H10O2. The minimum atomic E-state index is 0.635. The van der Waals surface area contributed by atoms with Crippen LogP contribution in [0.1, 0.15) is 0 Å². The van der Waals surface area contributed by atoms with Crippen LogP contribution in [0.15, 0.2) is 48.0 Å². The molecule has 0 aromatic carbocycles. The molecule has 0 unspecified atom stereocenters. The van der Waals surface area contributed by atoms with Crippen LogP contribution in [0.3, 0.4) is 0 Å². The Kier molecular flexibility index (Phi) is 1.99. The number of ether oxygens (including phenoxy) is 2. The lowest BCUT2D eigenvalue weighted by Gasteiger charge is -2.14. The fourth-order valence-corrected chi connectivity index (χ4v) is 1.14. The van der Waals surface area contributed by atoms with Crippen LogP contribution in [-0.4, -0.2) is 13.2 Å². The normalized spacial score (nSPS) is 20.7. The molecule has 0 atom stereocenters. The van der Waals surface area contributed by atoms with E-state index >= 15 is 0 Å². The average molecular weight is 162 g/mol. The van der Waals surface area contributed by atoms with Crippen molar-refractivity contribution >= 4 is 0 Å². The summed E-state index contributed by atoms with van der Waals surface area (Å²) in [4.78, 5) is 0. The highest BCUT2D eigenvalue weighted by Gasteiger charge is 2.06. The van der Waals surface area contributed by atoms with E-state index in [1.54, 1.807) is 6.26 Å². The maximum atomic E-state index is 5.42. The van der Waals surface area contributed by atoms with Gasteiger partial charge in [0.1, 0.15) is 19.0 Å². The van der Waals surface area contributed by atoms with Gasteiger partial charge in [0.05, 0.1) is 6.26 Å². The van der Waals surface area contributed by atoms with Crippen LogP contribution in [0.5, 0.6) is 0 Å². The van der Waals surface area contributed by atoms with E-state index in [9.17, 15) is 0 Å². The van der Waals surface area contributed by atoms with Gasteiger partial charge in [0.25, 0.3) is 0 Å². The lowest BCUT2D eigenvalue weighted by Crippen LogP contribution is -2.01. The van der Waals surface area contributed by atoms with Crippen molar-refractivity contribution in [2.24, 2.45) is 0 Å². The predicted octanol–water partition coefficient (Wildman–Crippen LogP) is 1.93. The Morgan fingerprint density at radius 3 is 2.92 bits per heavy atom. The molecule has 12 heavy (non-hydrogen) atoms. The first kappa shape index (κ1) is 7.22. The smallest absolute Gasteiger partial charge is 0.126 e. The van der Waals surface area contributed by atoms with Gasteiger partial charge in [0.15, 0.2) is 0 Å². The highest BCUT2D eigenvalue weighted by atomic mass is 16.5. The monoisotopic (exact) mass is 162 g/mol. The van der Waals surface area contributed by atoms with Crippen molar-refractivity contribution in [3.8, 4) is 0 Å². The lowest BCUT2D eigenvalue weighted by molar-refractivity contribution is 0.247. The van der Waals surface area contributed by atoms with Crippen molar-refractivity contribution in [2.45, 2.75) is 0 Å². The van der Waals surface area contributed by atoms with Crippen molar-refractivity contribution in [1.82, 2.24) is 0 Å². The molecule has 0 saturated carbocycles. The first-order valence-corrected chi connectivity index (χ1v) is 3.95. The molecule has 0 fully saturated rings. The molecule has 0 aliphatic carbocycles. The summed E-state index contributed by atoms with van der Waals surface area (Å²) in [6.07, 6.45) is 11.6. The van der Waals surface area contributed by atoms with E-state index in [4.69, 9.17) is 9.47 Å². The highest BCUT2D eigenvalue weighted by Crippen LogP contribution is 2.18. The summed E-state index contributed by atoms with van der Waals surface area (Å²) in [6, 6.07) is 0. The van der Waals surface area contributed by atoms with Crippen molar-refractivity contribution in [3.05, 3.63) is 48.0 Å². The number of hydrogen-bond acceptors (Lipinski definition) is 2. The number of rotatable bonds is 1. The first-order chi connectivity index (χ1) is 5.97. The molecule has 0 radical (unpaired) electrons. The third kappa shape index (κ3) is 1.42. The first-order valence-electron chi connectivity index (χ1n) is 3.95. The van der Waals surface area contributed by atoms with Crippen LogP contribution in [0.25, 0.3) is 0 Å². The summed E-state index contributed by atoms with van der Waals surface area (Å²) in [6.45, 7) is 1.30. The van der Waals surface area contributed by atoms with Gasteiger partial charge in [-0.25, -0.2) is 0 Å². The lowest BCUT2D eigenvalue weighted by atomic mass is 10.1. The third-order valence-electron chi connectivity index (χ3n) is 1.75. The summed E-state index contributed by atoms with van der Waals surface area (Å²) >= 11 is 0. The second-order valence-electron chi connectivity index (χ2n) is 2.57. The average Bonchev–Trinajstić information content (AvgIpc) is 2.21. The van der Waals surface area contributed by atoms with Crippen LogP contribution >= 0.6 is 0 Å². The van der Waals surface area contributed by atoms with Crippen molar-refractivity contribution < 1.29 is 9.47 Å². The molecule has 2 rings (SSSR count). The fraction of sp³-hybridized carbons (Fsp3) is 0.200. The predicted molar refractivity (Wildman–Crippen MR) is 46.4 cm³/mol.